The predicted octanol–water partition coefficient (Wildman–Crippen LogP) is 3.88. The van der Waals surface area contributed by atoms with Gasteiger partial charge in [0.2, 0.25) is 0 Å². The molecule has 21 heavy (non-hydrogen) atoms. The van der Waals surface area contributed by atoms with Crippen molar-refractivity contribution in [1.29, 1.82) is 5.26 Å². The van der Waals surface area contributed by atoms with Gasteiger partial charge in [0.1, 0.15) is 5.75 Å². The van der Waals surface area contributed by atoms with Gasteiger partial charge in [0.25, 0.3) is 0 Å². The van der Waals surface area contributed by atoms with Crippen molar-refractivity contribution >= 4 is 23.3 Å². The molecular formula is C16H13N3OS. The number of hydrogen-bond donors (Lipinski definition) is 1. The predicted molar refractivity (Wildman–Crippen MR) is 84.5 cm³/mol. The lowest BCUT2D eigenvalue weighted by atomic mass is 10.2. The molecule has 0 radical (unpaired) electrons. The average molecular weight is 295 g/mol. The largest absolute Gasteiger partial charge is 0.496 e. The topological polar surface area (TPSA) is 53.7 Å². The molecule has 0 unspecified atom stereocenters. The molecule has 3 rings (SSSR count). The van der Waals surface area contributed by atoms with Gasteiger partial charge < -0.3 is 9.72 Å². The first-order chi connectivity index (χ1) is 10.1. The van der Waals surface area contributed by atoms with Crippen LogP contribution in [0.1, 0.15) is 11.1 Å². The van der Waals surface area contributed by atoms with E-state index in [4.69, 9.17) is 22.2 Å². The highest BCUT2D eigenvalue weighted by Gasteiger charge is 2.09. The lowest BCUT2D eigenvalue weighted by molar-refractivity contribution is 0.411. The highest BCUT2D eigenvalue weighted by atomic mass is 32.1. The smallest absolute Gasteiger partial charge is 0.182 e. The molecule has 3 aromatic rings. The zero-order valence-electron chi connectivity index (χ0n) is 11.7. The minimum absolute atomic E-state index is 0.602. The van der Waals surface area contributed by atoms with E-state index in [9.17, 15) is 0 Å². The molecule has 104 valence electrons. The van der Waals surface area contributed by atoms with Crippen molar-refractivity contribution in [3.8, 4) is 17.5 Å². The monoisotopic (exact) mass is 295 g/mol. The highest BCUT2D eigenvalue weighted by Crippen LogP contribution is 2.25. The van der Waals surface area contributed by atoms with Gasteiger partial charge in [-0.2, -0.15) is 5.26 Å². The number of ether oxygens (including phenoxy) is 1. The van der Waals surface area contributed by atoms with Crippen LogP contribution in [0.4, 0.5) is 0 Å². The lowest BCUT2D eigenvalue weighted by Gasteiger charge is -2.09. The van der Waals surface area contributed by atoms with E-state index in [1.54, 1.807) is 13.2 Å². The zero-order valence-corrected chi connectivity index (χ0v) is 12.5. The van der Waals surface area contributed by atoms with Gasteiger partial charge in [-0.15, -0.1) is 0 Å². The van der Waals surface area contributed by atoms with E-state index < -0.39 is 0 Å². The van der Waals surface area contributed by atoms with Crippen LogP contribution in [0.25, 0.3) is 16.7 Å². The first-order valence-corrected chi connectivity index (χ1v) is 6.85. The number of aromatic amines is 1. The Morgan fingerprint density at radius 3 is 2.71 bits per heavy atom. The molecule has 0 spiro atoms. The van der Waals surface area contributed by atoms with Gasteiger partial charge in [-0.05, 0) is 61.1 Å². The number of nitrogens with zero attached hydrogens (tertiary/aromatic N) is 2. The summed E-state index contributed by atoms with van der Waals surface area (Å²) in [6.45, 7) is 1.99. The number of imidazole rings is 1. The van der Waals surface area contributed by atoms with Crippen molar-refractivity contribution in [2.75, 3.05) is 7.11 Å². The molecule has 0 aliphatic carbocycles. The number of methoxy groups -OCH3 is 1. The van der Waals surface area contributed by atoms with Crippen LogP contribution in [-0.2, 0) is 0 Å². The average Bonchev–Trinajstić information content (AvgIpc) is 2.81. The van der Waals surface area contributed by atoms with E-state index in [1.165, 1.54) is 0 Å². The Morgan fingerprint density at radius 2 is 2.05 bits per heavy atom. The Morgan fingerprint density at radius 1 is 1.24 bits per heavy atom. The number of benzene rings is 2. The van der Waals surface area contributed by atoms with Crippen molar-refractivity contribution in [3.63, 3.8) is 0 Å². The third-order valence-corrected chi connectivity index (χ3v) is 3.73. The number of hydrogen-bond acceptors (Lipinski definition) is 3. The number of fused-ring (bicyclic) bond motifs is 1. The molecule has 0 saturated carbocycles. The normalized spacial score (nSPS) is 10.5. The molecule has 0 atom stereocenters. The Kier molecular flexibility index (Phi) is 3.24. The number of nitriles is 1. The number of nitrogens with one attached hydrogen (secondary N) is 1. The molecule has 0 aliphatic rings. The quantitative estimate of drug-likeness (QED) is 0.730. The standard InChI is InChI=1S/C16H13N3OS/c1-10-7-12(4-6-15(10)20-2)19-14-8-11(9-17)3-5-13(14)18-16(19)21/h3-8H,1-2H3,(H,18,21). The van der Waals surface area contributed by atoms with E-state index in [0.717, 1.165) is 28.0 Å². The van der Waals surface area contributed by atoms with Crippen LogP contribution in [0.2, 0.25) is 0 Å². The first kappa shape index (κ1) is 13.4. The summed E-state index contributed by atoms with van der Waals surface area (Å²) in [6, 6.07) is 13.5. The second-order valence-corrected chi connectivity index (χ2v) is 5.15. The van der Waals surface area contributed by atoms with Gasteiger partial charge in [0, 0.05) is 5.69 Å². The van der Waals surface area contributed by atoms with Crippen LogP contribution in [0.5, 0.6) is 5.75 Å². The maximum atomic E-state index is 9.07. The fourth-order valence-electron chi connectivity index (χ4n) is 2.43. The van der Waals surface area contributed by atoms with Crippen molar-refractivity contribution in [2.24, 2.45) is 0 Å². The van der Waals surface area contributed by atoms with Gasteiger partial charge in [0.15, 0.2) is 4.77 Å². The maximum absolute atomic E-state index is 9.07. The summed E-state index contributed by atoms with van der Waals surface area (Å²) in [5.41, 5.74) is 4.38. The zero-order chi connectivity index (χ0) is 15.0. The van der Waals surface area contributed by atoms with Gasteiger partial charge in [-0.3, -0.25) is 4.57 Å². The van der Waals surface area contributed by atoms with Crippen LogP contribution in [0, 0.1) is 23.0 Å². The Labute approximate surface area is 127 Å². The fourth-order valence-corrected chi connectivity index (χ4v) is 2.74. The van der Waals surface area contributed by atoms with Crippen molar-refractivity contribution < 1.29 is 4.74 Å². The number of aryl methyl sites for hydroxylation is 1. The Bertz CT molecular complexity index is 931. The van der Waals surface area contributed by atoms with Gasteiger partial charge in [-0.25, -0.2) is 0 Å². The number of H-pyrrole nitrogens is 1. The van der Waals surface area contributed by atoms with Gasteiger partial charge in [0.05, 0.1) is 29.8 Å². The Hall–Kier alpha value is -2.58. The van der Waals surface area contributed by atoms with Crippen LogP contribution in [0.15, 0.2) is 36.4 Å². The molecule has 0 fully saturated rings. The summed E-state index contributed by atoms with van der Waals surface area (Å²) in [6.07, 6.45) is 0. The van der Waals surface area contributed by atoms with E-state index in [-0.39, 0.29) is 0 Å². The SMILES string of the molecule is COc1ccc(-n2c(=S)[nH]c3ccc(C#N)cc32)cc1C. The van der Waals surface area contributed by atoms with Gasteiger partial charge in [-0.1, -0.05) is 0 Å². The van der Waals surface area contributed by atoms with Crippen molar-refractivity contribution in [1.82, 2.24) is 9.55 Å². The summed E-state index contributed by atoms with van der Waals surface area (Å²) >= 11 is 5.41. The van der Waals surface area contributed by atoms with Crippen LogP contribution in [-0.4, -0.2) is 16.7 Å². The second kappa shape index (κ2) is 5.08. The highest BCUT2D eigenvalue weighted by molar-refractivity contribution is 7.71. The van der Waals surface area contributed by atoms with Crippen molar-refractivity contribution in [2.45, 2.75) is 6.92 Å². The number of aromatic nitrogens is 2. The van der Waals surface area contributed by atoms with E-state index in [1.807, 2.05) is 41.8 Å². The summed E-state index contributed by atoms with van der Waals surface area (Å²) in [5, 5.41) is 9.07. The molecule has 0 bridgehead atoms. The van der Waals surface area contributed by atoms with Crippen LogP contribution in [0.3, 0.4) is 0 Å². The summed E-state index contributed by atoms with van der Waals surface area (Å²) in [7, 11) is 1.65. The third-order valence-electron chi connectivity index (χ3n) is 3.45. The summed E-state index contributed by atoms with van der Waals surface area (Å²) < 4.78 is 7.82. The maximum Gasteiger partial charge on any atom is 0.182 e. The minimum Gasteiger partial charge on any atom is -0.496 e. The summed E-state index contributed by atoms with van der Waals surface area (Å²) in [5.74, 6) is 0.836. The third kappa shape index (κ3) is 2.20. The fraction of sp³-hybridized carbons (Fsp3) is 0.125. The summed E-state index contributed by atoms with van der Waals surface area (Å²) in [4.78, 5) is 3.16. The molecule has 1 N–H and O–H groups in total. The second-order valence-electron chi connectivity index (χ2n) is 4.76. The molecule has 0 saturated heterocycles. The molecule has 1 aromatic heterocycles. The molecule has 0 amide bonds. The molecular weight excluding hydrogens is 282 g/mol. The molecule has 4 nitrogen and oxygen atoms in total. The van der Waals surface area contributed by atoms with Crippen LogP contribution < -0.4 is 4.74 Å². The molecule has 1 heterocycles. The minimum atomic E-state index is 0.602. The Balaban J connectivity index is 2.29. The van der Waals surface area contributed by atoms with E-state index in [2.05, 4.69) is 11.1 Å². The van der Waals surface area contributed by atoms with E-state index >= 15 is 0 Å². The molecule has 2 aromatic carbocycles. The molecule has 0 aliphatic heterocycles. The van der Waals surface area contributed by atoms with Gasteiger partial charge >= 0.3 is 0 Å². The first-order valence-electron chi connectivity index (χ1n) is 6.44. The van der Waals surface area contributed by atoms with Crippen LogP contribution >= 0.6 is 12.2 Å². The lowest BCUT2D eigenvalue weighted by Crippen LogP contribution is -1.96. The van der Waals surface area contributed by atoms with Crippen molar-refractivity contribution in [3.05, 3.63) is 52.3 Å². The number of rotatable bonds is 2. The molecule has 5 heteroatoms. The van der Waals surface area contributed by atoms with E-state index in [0.29, 0.717) is 10.3 Å².